The lowest BCUT2D eigenvalue weighted by Gasteiger charge is -2.20. The molecule has 0 saturated carbocycles. The number of rotatable bonds is 5. The largest absolute Gasteiger partial charge is 0.504 e. The van der Waals surface area contributed by atoms with E-state index < -0.39 is 17.9 Å². The number of hydrazine groups is 1. The Hall–Kier alpha value is -2.92. The molecule has 1 aromatic carbocycles. The molecule has 0 aliphatic carbocycles. The van der Waals surface area contributed by atoms with Gasteiger partial charge in [0.05, 0.1) is 17.2 Å². The summed E-state index contributed by atoms with van der Waals surface area (Å²) in [7, 11) is 0. The van der Waals surface area contributed by atoms with E-state index >= 15 is 0 Å². The van der Waals surface area contributed by atoms with E-state index in [0.717, 1.165) is 6.20 Å². The normalized spacial score (nSPS) is 12.4. The summed E-state index contributed by atoms with van der Waals surface area (Å²) in [5.41, 5.74) is 2.19. The molecule has 0 aliphatic rings. The number of benzene rings is 1. The summed E-state index contributed by atoms with van der Waals surface area (Å²) >= 11 is 0. The fourth-order valence-corrected chi connectivity index (χ4v) is 1.90. The lowest BCUT2D eigenvalue weighted by Crippen LogP contribution is -2.41. The highest BCUT2D eigenvalue weighted by Gasteiger charge is 2.25. The third-order valence-electron chi connectivity index (χ3n) is 3.01. The Morgan fingerprint density at radius 3 is 2.27 bits per heavy atom. The number of carbonyl (C=O) groups is 2. The highest BCUT2D eigenvalue weighted by molar-refractivity contribution is 6.07. The molecule has 1 atom stereocenters. The van der Waals surface area contributed by atoms with Crippen molar-refractivity contribution in [3.05, 3.63) is 52.3 Å². The molecular weight excluding hydrogens is 286 g/mol. The predicted octanol–water partition coefficient (Wildman–Crippen LogP) is 1.30. The zero-order valence-corrected chi connectivity index (χ0v) is 12.3. The molecule has 0 saturated heterocycles. The van der Waals surface area contributed by atoms with Gasteiger partial charge in [0.25, 0.3) is 11.8 Å². The first-order valence-corrected chi connectivity index (χ1v) is 6.56. The van der Waals surface area contributed by atoms with Gasteiger partial charge in [-0.3, -0.25) is 15.0 Å². The van der Waals surface area contributed by atoms with Gasteiger partial charge < -0.3 is 10.4 Å². The zero-order chi connectivity index (χ0) is 16.7. The molecule has 1 aromatic rings. The molecule has 0 aromatic heterocycles. The van der Waals surface area contributed by atoms with Gasteiger partial charge in [-0.1, -0.05) is 26.0 Å². The molecule has 0 bridgehead atoms. The van der Waals surface area contributed by atoms with Crippen LogP contribution in [0.1, 0.15) is 34.6 Å². The number of diazo groups is 1. The zero-order valence-electron chi connectivity index (χ0n) is 12.3. The number of hydrogen-bond acceptors (Lipinski definition) is 5. The second-order valence-corrected chi connectivity index (χ2v) is 4.88. The van der Waals surface area contributed by atoms with Crippen LogP contribution in [0.15, 0.2) is 36.2 Å². The second kappa shape index (κ2) is 7.75. The van der Waals surface area contributed by atoms with Crippen LogP contribution in [0.3, 0.4) is 0 Å². The minimum Gasteiger partial charge on any atom is -0.504 e. The maximum atomic E-state index is 12.3. The molecule has 116 valence electrons. The van der Waals surface area contributed by atoms with E-state index in [1.807, 2.05) is 5.43 Å². The monoisotopic (exact) mass is 304 g/mol. The molecule has 5 N–H and O–H groups in total. The van der Waals surface area contributed by atoms with Crippen LogP contribution in [0.5, 0.6) is 0 Å². The third-order valence-corrected chi connectivity index (χ3v) is 3.01. The van der Waals surface area contributed by atoms with E-state index in [0.29, 0.717) is 0 Å². The van der Waals surface area contributed by atoms with Crippen LogP contribution in [0, 0.1) is 11.3 Å². The Morgan fingerprint density at radius 1 is 1.27 bits per heavy atom. The summed E-state index contributed by atoms with van der Waals surface area (Å²) in [6.07, 6.45) is 0.837. The van der Waals surface area contributed by atoms with Gasteiger partial charge in [0.2, 0.25) is 11.2 Å². The summed E-state index contributed by atoms with van der Waals surface area (Å²) in [6.45, 7) is 3.54. The number of carbonyl (C=O) groups excluding carboxylic acids is 2. The third kappa shape index (κ3) is 4.04. The molecule has 0 radical (unpaired) electrons. The van der Waals surface area contributed by atoms with E-state index in [1.165, 1.54) is 12.1 Å². The average molecular weight is 304 g/mol. The van der Waals surface area contributed by atoms with Crippen molar-refractivity contribution >= 4 is 11.8 Å². The summed E-state index contributed by atoms with van der Waals surface area (Å²) < 4.78 is 0. The van der Waals surface area contributed by atoms with Gasteiger partial charge in [0.1, 0.15) is 0 Å². The fraction of sp³-hybridized carbons (Fsp3) is 0.286. The average Bonchev–Trinajstić information content (AvgIpc) is 2.51. The summed E-state index contributed by atoms with van der Waals surface area (Å²) in [5.74, 6) is 3.46. The molecule has 0 fully saturated rings. The second-order valence-electron chi connectivity index (χ2n) is 4.88. The van der Waals surface area contributed by atoms with E-state index in [1.54, 1.807) is 26.0 Å². The summed E-state index contributed by atoms with van der Waals surface area (Å²) in [6, 6.07) is 5.36. The lowest BCUT2D eigenvalue weighted by atomic mass is 10.0. The van der Waals surface area contributed by atoms with Crippen molar-refractivity contribution in [2.75, 3.05) is 0 Å². The SMILES string of the molecule is CC(C)[C@H](NC(=O)c1ccccc1C(=O)NN)C(O)=C[N+]#N. The highest BCUT2D eigenvalue weighted by atomic mass is 16.3. The van der Waals surface area contributed by atoms with Crippen molar-refractivity contribution in [1.82, 2.24) is 10.7 Å². The number of hydrogen-bond donors (Lipinski definition) is 4. The Bertz CT molecular complexity index is 634. The van der Waals surface area contributed by atoms with Gasteiger partial charge in [-0.15, -0.1) is 0 Å². The quantitative estimate of drug-likeness (QED) is 0.214. The number of nitrogens with one attached hydrogen (secondary N) is 2. The highest BCUT2D eigenvalue weighted by Crippen LogP contribution is 2.14. The molecule has 0 spiro atoms. The van der Waals surface area contributed by atoms with Gasteiger partial charge in [0.15, 0.2) is 4.98 Å². The molecule has 0 aliphatic heterocycles. The number of aliphatic hydroxyl groups is 1. The topological polar surface area (TPSA) is 133 Å². The minimum atomic E-state index is -0.766. The number of nitrogen functional groups attached to an aromatic ring is 1. The Balaban J connectivity index is 3.09. The number of nitrogens with zero attached hydrogens (tertiary/aromatic N) is 2. The van der Waals surface area contributed by atoms with Gasteiger partial charge in [0, 0.05) is 0 Å². The van der Waals surface area contributed by atoms with Crippen LogP contribution in [0.4, 0.5) is 0 Å². The van der Waals surface area contributed by atoms with E-state index in [9.17, 15) is 14.7 Å². The van der Waals surface area contributed by atoms with Gasteiger partial charge in [-0.25, -0.2) is 5.84 Å². The van der Waals surface area contributed by atoms with Gasteiger partial charge in [-0.05, 0) is 18.1 Å². The van der Waals surface area contributed by atoms with E-state index in [-0.39, 0.29) is 22.8 Å². The first-order valence-electron chi connectivity index (χ1n) is 6.56. The predicted molar refractivity (Wildman–Crippen MR) is 80.0 cm³/mol. The fourth-order valence-electron chi connectivity index (χ4n) is 1.90. The molecule has 8 nitrogen and oxygen atoms in total. The maximum absolute atomic E-state index is 12.3. The van der Waals surface area contributed by atoms with Gasteiger partial charge in [-0.2, -0.15) is 0 Å². The number of amides is 2. The van der Waals surface area contributed by atoms with Gasteiger partial charge >= 0.3 is 6.20 Å². The first kappa shape index (κ1) is 17.1. The molecular formula is C14H18N5O3+. The molecule has 22 heavy (non-hydrogen) atoms. The minimum absolute atomic E-state index is 0.111. The number of aliphatic hydroxyl groups excluding tert-OH is 1. The molecule has 0 heterocycles. The lowest BCUT2D eigenvalue weighted by molar-refractivity contribution is 0.0900. The Labute approximate surface area is 127 Å². The van der Waals surface area contributed by atoms with Crippen molar-refractivity contribution in [1.29, 1.82) is 5.39 Å². The first-order chi connectivity index (χ1) is 10.4. The summed E-state index contributed by atoms with van der Waals surface area (Å²) in [5, 5.41) is 20.9. The standard InChI is InChI=1S/C14H17N5O3/c1-8(2)12(11(20)7-17-15)18-13(21)9-5-3-4-6-10(9)14(22)19-16/h3-8,12,15-16H,1-2H3,(H2,18,20,21)/p+1/t12-/m0/s1. The van der Waals surface area contributed by atoms with Crippen molar-refractivity contribution in [2.24, 2.45) is 11.8 Å². The smallest absolute Gasteiger partial charge is 0.389 e. The van der Waals surface area contributed by atoms with E-state index in [4.69, 9.17) is 11.2 Å². The van der Waals surface area contributed by atoms with E-state index in [2.05, 4.69) is 10.3 Å². The van der Waals surface area contributed by atoms with Crippen LogP contribution in [0.25, 0.3) is 4.98 Å². The van der Waals surface area contributed by atoms with Crippen LogP contribution in [-0.2, 0) is 0 Å². The Kier molecular flexibility index (Phi) is 6.04. The maximum Gasteiger partial charge on any atom is 0.389 e. The van der Waals surface area contributed by atoms with Crippen LogP contribution in [-0.4, -0.2) is 23.0 Å². The molecule has 0 unspecified atom stereocenters. The van der Waals surface area contributed by atoms with Crippen LogP contribution in [0.2, 0.25) is 0 Å². The van der Waals surface area contributed by atoms with Crippen LogP contribution >= 0.6 is 0 Å². The van der Waals surface area contributed by atoms with Crippen LogP contribution < -0.4 is 16.6 Å². The number of nitrogens with two attached hydrogens (primary N) is 1. The molecule has 8 heteroatoms. The van der Waals surface area contributed by atoms with Crippen molar-refractivity contribution < 1.29 is 14.7 Å². The Morgan fingerprint density at radius 2 is 1.82 bits per heavy atom. The molecule has 2 amide bonds. The summed E-state index contributed by atoms with van der Waals surface area (Å²) in [4.78, 5) is 26.7. The van der Waals surface area contributed by atoms with Crippen molar-refractivity contribution in [3.8, 4) is 0 Å². The molecule has 1 rings (SSSR count). The van der Waals surface area contributed by atoms with Crippen molar-refractivity contribution in [2.45, 2.75) is 19.9 Å². The van der Waals surface area contributed by atoms with Crippen molar-refractivity contribution in [3.63, 3.8) is 0 Å².